The number of fused-ring (bicyclic) bond motifs is 1. The first kappa shape index (κ1) is 17.2. The van der Waals surface area contributed by atoms with Crippen LogP contribution in [-0.2, 0) is 4.79 Å². The Morgan fingerprint density at radius 1 is 1.35 bits per heavy atom. The summed E-state index contributed by atoms with van der Waals surface area (Å²) in [5.74, 6) is 1.70. The molecule has 1 fully saturated rings. The van der Waals surface area contributed by atoms with Gasteiger partial charge < -0.3 is 4.90 Å². The molecule has 0 spiro atoms. The number of amides is 1. The minimum atomic E-state index is 0.0345. The van der Waals surface area contributed by atoms with Gasteiger partial charge in [0.15, 0.2) is 0 Å². The number of carbonyl (C=O) groups is 1. The lowest BCUT2D eigenvalue weighted by Gasteiger charge is -2.32. The number of piperidine rings is 1. The smallest absolute Gasteiger partial charge is 0.224 e. The van der Waals surface area contributed by atoms with Gasteiger partial charge in [-0.3, -0.25) is 9.20 Å². The Morgan fingerprint density at radius 3 is 2.81 bits per heavy atom. The second kappa shape index (κ2) is 6.83. The second-order valence-electron chi connectivity index (χ2n) is 7.15. The Labute approximate surface area is 156 Å². The highest BCUT2D eigenvalue weighted by Gasteiger charge is 2.28. The van der Waals surface area contributed by atoms with Gasteiger partial charge in [-0.2, -0.15) is 5.10 Å². The van der Waals surface area contributed by atoms with Crippen molar-refractivity contribution in [2.24, 2.45) is 0 Å². The van der Waals surface area contributed by atoms with E-state index in [4.69, 9.17) is 4.98 Å². The van der Waals surface area contributed by atoms with Gasteiger partial charge in [-0.25, -0.2) is 14.6 Å². The van der Waals surface area contributed by atoms with Crippen LogP contribution in [0.5, 0.6) is 0 Å². The molecule has 4 rings (SSSR count). The molecule has 1 aliphatic heterocycles. The zero-order valence-corrected chi connectivity index (χ0v) is 16.2. The number of nitrogens with zero attached hydrogens (tertiary/aromatic N) is 6. The Kier molecular flexibility index (Phi) is 4.52. The topological polar surface area (TPSA) is 68.3 Å². The molecule has 1 atom stereocenters. The predicted molar refractivity (Wildman–Crippen MR) is 100 cm³/mol. The summed E-state index contributed by atoms with van der Waals surface area (Å²) >= 11 is 1.77. The van der Waals surface area contributed by atoms with Crippen molar-refractivity contribution in [2.75, 3.05) is 13.1 Å². The average molecular weight is 372 g/mol. The van der Waals surface area contributed by atoms with Gasteiger partial charge in [0.05, 0.1) is 11.7 Å². The maximum Gasteiger partial charge on any atom is 0.224 e. The van der Waals surface area contributed by atoms with E-state index in [1.54, 1.807) is 22.3 Å². The highest BCUT2D eigenvalue weighted by molar-refractivity contribution is 7.15. The van der Waals surface area contributed by atoms with E-state index in [1.165, 1.54) is 22.5 Å². The van der Waals surface area contributed by atoms with Gasteiger partial charge in [0, 0.05) is 36.5 Å². The van der Waals surface area contributed by atoms with Crippen LogP contribution in [0.2, 0.25) is 0 Å². The fraction of sp³-hybridized carbons (Fsp3) is 0.556. The van der Waals surface area contributed by atoms with E-state index in [0.717, 1.165) is 31.8 Å². The number of aryl methyl sites for hydroxylation is 2. The zero-order chi connectivity index (χ0) is 18.3. The van der Waals surface area contributed by atoms with Crippen LogP contribution in [0.15, 0.2) is 18.0 Å². The van der Waals surface area contributed by atoms with Crippen LogP contribution >= 0.6 is 11.3 Å². The van der Waals surface area contributed by atoms with E-state index >= 15 is 0 Å². The SMILES string of the molecule is Cc1csc2c(C3CCN(C(=O)C[C@@H](C)n4cncn4)CC3)nc(C)n12. The summed E-state index contributed by atoms with van der Waals surface area (Å²) in [6, 6.07) is 0.0345. The largest absolute Gasteiger partial charge is 0.343 e. The molecule has 3 aromatic rings. The van der Waals surface area contributed by atoms with Gasteiger partial charge >= 0.3 is 0 Å². The summed E-state index contributed by atoms with van der Waals surface area (Å²) in [4.78, 5) is 24.7. The van der Waals surface area contributed by atoms with E-state index in [-0.39, 0.29) is 11.9 Å². The molecule has 0 unspecified atom stereocenters. The molecule has 26 heavy (non-hydrogen) atoms. The third-order valence-electron chi connectivity index (χ3n) is 5.31. The van der Waals surface area contributed by atoms with E-state index in [9.17, 15) is 4.79 Å². The van der Waals surface area contributed by atoms with Gasteiger partial charge in [0.1, 0.15) is 23.3 Å². The fourth-order valence-electron chi connectivity index (χ4n) is 3.84. The molecule has 0 N–H and O–H groups in total. The van der Waals surface area contributed by atoms with Crippen molar-refractivity contribution in [2.45, 2.75) is 52.0 Å². The Morgan fingerprint density at radius 2 is 2.12 bits per heavy atom. The van der Waals surface area contributed by atoms with E-state index in [1.807, 2.05) is 11.8 Å². The van der Waals surface area contributed by atoms with Crippen LogP contribution in [0.3, 0.4) is 0 Å². The van der Waals surface area contributed by atoms with Crippen LogP contribution < -0.4 is 0 Å². The van der Waals surface area contributed by atoms with Gasteiger partial charge in [-0.1, -0.05) is 0 Å². The number of hydrogen-bond acceptors (Lipinski definition) is 5. The zero-order valence-electron chi connectivity index (χ0n) is 15.4. The number of imidazole rings is 1. The summed E-state index contributed by atoms with van der Waals surface area (Å²) in [5, 5.41) is 6.32. The minimum absolute atomic E-state index is 0.0345. The first-order chi connectivity index (χ1) is 12.5. The first-order valence-electron chi connectivity index (χ1n) is 9.09. The number of carbonyl (C=O) groups excluding carboxylic acids is 1. The number of aromatic nitrogens is 5. The van der Waals surface area contributed by atoms with Crippen LogP contribution in [0.25, 0.3) is 4.83 Å². The molecule has 0 bridgehead atoms. The van der Waals surface area contributed by atoms with E-state index < -0.39 is 0 Å². The fourth-order valence-corrected chi connectivity index (χ4v) is 4.95. The monoisotopic (exact) mass is 372 g/mol. The standard InChI is InChI=1S/C18H24N6OS/c1-12(23-11-19-10-20-23)8-16(25)22-6-4-15(5-7-22)17-18-24(14(3)21-17)13(2)9-26-18/h9-12,15H,4-8H2,1-3H3/t12-/m1/s1. The van der Waals surface area contributed by atoms with Crippen LogP contribution in [0.1, 0.15) is 55.4 Å². The molecule has 0 radical (unpaired) electrons. The predicted octanol–water partition coefficient (Wildman–Crippen LogP) is 2.96. The highest BCUT2D eigenvalue weighted by atomic mass is 32.1. The van der Waals surface area contributed by atoms with Gasteiger partial charge in [0.2, 0.25) is 5.91 Å². The van der Waals surface area contributed by atoms with Crippen LogP contribution in [0, 0.1) is 13.8 Å². The molecule has 0 aromatic carbocycles. The molecule has 138 valence electrons. The second-order valence-corrected chi connectivity index (χ2v) is 8.00. The molecule has 3 aromatic heterocycles. The molecule has 4 heterocycles. The van der Waals surface area contributed by atoms with E-state index in [0.29, 0.717) is 12.3 Å². The maximum atomic E-state index is 12.6. The van der Waals surface area contributed by atoms with Crippen molar-refractivity contribution in [3.05, 3.63) is 35.2 Å². The lowest BCUT2D eigenvalue weighted by molar-refractivity contribution is -0.133. The highest BCUT2D eigenvalue weighted by Crippen LogP contribution is 2.34. The number of likely N-dealkylation sites (tertiary alicyclic amines) is 1. The van der Waals surface area contributed by atoms with Crippen LogP contribution in [-0.4, -0.2) is 48.0 Å². The Hall–Kier alpha value is -2.22. The summed E-state index contributed by atoms with van der Waals surface area (Å²) in [5.41, 5.74) is 2.46. The van der Waals surface area contributed by atoms with Gasteiger partial charge in [-0.05, 0) is 33.6 Å². The van der Waals surface area contributed by atoms with Crippen LogP contribution in [0.4, 0.5) is 0 Å². The average Bonchev–Trinajstić information content (AvgIpc) is 3.35. The van der Waals surface area contributed by atoms with Crippen molar-refractivity contribution in [3.8, 4) is 0 Å². The molecule has 0 saturated carbocycles. The molecule has 0 aliphatic carbocycles. The van der Waals surface area contributed by atoms with Gasteiger partial charge in [0.25, 0.3) is 0 Å². The number of thiazole rings is 1. The first-order valence-corrected chi connectivity index (χ1v) is 9.97. The van der Waals surface area contributed by atoms with Crippen molar-refractivity contribution < 1.29 is 4.79 Å². The number of rotatable bonds is 4. The Balaban J connectivity index is 1.40. The van der Waals surface area contributed by atoms with Crippen molar-refractivity contribution in [3.63, 3.8) is 0 Å². The van der Waals surface area contributed by atoms with Crippen molar-refractivity contribution in [1.82, 2.24) is 29.0 Å². The number of hydrogen-bond donors (Lipinski definition) is 0. The third kappa shape index (κ3) is 3.02. The summed E-state index contributed by atoms with van der Waals surface area (Å²) < 4.78 is 3.99. The lowest BCUT2D eigenvalue weighted by atomic mass is 9.93. The normalized spacial score (nSPS) is 17.1. The summed E-state index contributed by atoms with van der Waals surface area (Å²) in [6.45, 7) is 7.80. The molecule has 7 nitrogen and oxygen atoms in total. The molecular formula is C18H24N6OS. The summed E-state index contributed by atoms with van der Waals surface area (Å²) in [6.07, 6.45) is 5.59. The molecule has 8 heteroatoms. The quantitative estimate of drug-likeness (QED) is 0.706. The maximum absolute atomic E-state index is 12.6. The molecule has 1 saturated heterocycles. The van der Waals surface area contributed by atoms with Gasteiger partial charge in [-0.15, -0.1) is 11.3 Å². The third-order valence-corrected chi connectivity index (χ3v) is 6.39. The van der Waals surface area contributed by atoms with Crippen molar-refractivity contribution >= 4 is 22.1 Å². The van der Waals surface area contributed by atoms with E-state index in [2.05, 4.69) is 33.7 Å². The summed E-state index contributed by atoms with van der Waals surface area (Å²) in [7, 11) is 0. The van der Waals surface area contributed by atoms with Crippen molar-refractivity contribution in [1.29, 1.82) is 0 Å². The molecule has 1 amide bonds. The Bertz CT molecular complexity index is 904. The lowest BCUT2D eigenvalue weighted by Crippen LogP contribution is -2.38. The minimum Gasteiger partial charge on any atom is -0.343 e. The molecule has 1 aliphatic rings. The molecular weight excluding hydrogens is 348 g/mol.